The largest absolute Gasteiger partial charge is 0.388 e. The summed E-state index contributed by atoms with van der Waals surface area (Å²) in [5.74, 6) is 0.324. The number of thiophene rings is 1. The van der Waals surface area contributed by atoms with Crippen LogP contribution in [0, 0.1) is 5.92 Å². The topological polar surface area (TPSA) is 29.5 Å². The summed E-state index contributed by atoms with van der Waals surface area (Å²) in [7, 11) is 0. The molecule has 19 heavy (non-hydrogen) atoms. The smallest absolute Gasteiger partial charge is 0.0839 e. The molecule has 2 heterocycles. The van der Waals surface area contributed by atoms with E-state index >= 15 is 0 Å². The third kappa shape index (κ3) is 2.95. The van der Waals surface area contributed by atoms with Gasteiger partial charge in [-0.25, -0.2) is 0 Å². The summed E-state index contributed by atoms with van der Waals surface area (Å²) < 4.78 is 8.16. The van der Waals surface area contributed by atoms with Crippen LogP contribution in [0.1, 0.15) is 50.2 Å². The van der Waals surface area contributed by atoms with E-state index in [0.717, 1.165) is 32.6 Å². The molecule has 5 heteroatoms. The minimum Gasteiger partial charge on any atom is -0.388 e. The van der Waals surface area contributed by atoms with Crippen LogP contribution in [0.5, 0.6) is 0 Å². The van der Waals surface area contributed by atoms with E-state index in [2.05, 4.69) is 31.9 Å². The molecule has 1 saturated carbocycles. The van der Waals surface area contributed by atoms with Gasteiger partial charge in [-0.15, -0.1) is 11.3 Å². The second-order valence-electron chi connectivity index (χ2n) is 5.72. The lowest BCUT2D eigenvalue weighted by Crippen LogP contribution is -2.39. The minimum atomic E-state index is -0.377. The normalized spacial score (nSPS) is 27.8. The lowest BCUT2D eigenvalue weighted by Gasteiger charge is -2.40. The fourth-order valence-corrected chi connectivity index (χ4v) is 6.42. The quantitative estimate of drug-likeness (QED) is 0.740. The SMILES string of the molecule is OC(c1cc(Br)sc1Br)C1CCOC2(CCCC2)C1. The van der Waals surface area contributed by atoms with Crippen molar-refractivity contribution in [2.75, 3.05) is 6.61 Å². The summed E-state index contributed by atoms with van der Waals surface area (Å²) in [6.07, 6.45) is 6.48. The molecular formula is C14H18Br2O2S. The number of hydrogen-bond donors (Lipinski definition) is 1. The van der Waals surface area contributed by atoms with Gasteiger partial charge < -0.3 is 9.84 Å². The molecule has 2 unspecified atom stereocenters. The Morgan fingerprint density at radius 3 is 2.74 bits per heavy atom. The minimum absolute atomic E-state index is 0.0730. The molecule has 1 N–H and O–H groups in total. The Balaban J connectivity index is 1.76. The van der Waals surface area contributed by atoms with Crippen LogP contribution in [0.3, 0.4) is 0 Å². The van der Waals surface area contributed by atoms with Crippen LogP contribution in [-0.4, -0.2) is 17.3 Å². The molecule has 1 aliphatic carbocycles. The number of halogens is 2. The Morgan fingerprint density at radius 2 is 2.11 bits per heavy atom. The molecule has 2 aliphatic rings. The van der Waals surface area contributed by atoms with E-state index in [1.807, 2.05) is 6.07 Å². The highest BCUT2D eigenvalue weighted by Gasteiger charge is 2.42. The number of rotatable bonds is 2. The van der Waals surface area contributed by atoms with E-state index in [-0.39, 0.29) is 11.7 Å². The summed E-state index contributed by atoms with van der Waals surface area (Å²) in [5, 5.41) is 10.7. The molecule has 106 valence electrons. The van der Waals surface area contributed by atoms with Crippen LogP contribution in [-0.2, 0) is 4.74 Å². The van der Waals surface area contributed by atoms with Gasteiger partial charge in [0.1, 0.15) is 0 Å². The Hall–Kier alpha value is 0.580. The van der Waals surface area contributed by atoms with E-state index in [0.29, 0.717) is 5.92 Å². The van der Waals surface area contributed by atoms with Crippen LogP contribution in [0.2, 0.25) is 0 Å². The van der Waals surface area contributed by atoms with Crippen LogP contribution in [0.4, 0.5) is 0 Å². The summed E-state index contributed by atoms with van der Waals surface area (Å²) in [6.45, 7) is 0.796. The summed E-state index contributed by atoms with van der Waals surface area (Å²) in [5.41, 5.74) is 1.10. The van der Waals surface area contributed by atoms with Crippen molar-refractivity contribution >= 4 is 43.2 Å². The number of hydrogen-bond acceptors (Lipinski definition) is 3. The third-order valence-electron chi connectivity index (χ3n) is 4.49. The monoisotopic (exact) mass is 408 g/mol. The molecule has 3 rings (SSSR count). The Bertz CT molecular complexity index is 454. The van der Waals surface area contributed by atoms with Crippen molar-refractivity contribution in [3.8, 4) is 0 Å². The fraction of sp³-hybridized carbons (Fsp3) is 0.714. The first-order chi connectivity index (χ1) is 9.10. The van der Waals surface area contributed by atoms with Gasteiger partial charge >= 0.3 is 0 Å². The van der Waals surface area contributed by atoms with Crippen molar-refractivity contribution in [1.82, 2.24) is 0 Å². The van der Waals surface area contributed by atoms with Gasteiger partial charge in [-0.1, -0.05) is 12.8 Å². The molecule has 1 aromatic rings. The molecule has 1 spiro atoms. The maximum Gasteiger partial charge on any atom is 0.0839 e. The Morgan fingerprint density at radius 1 is 1.37 bits per heavy atom. The van der Waals surface area contributed by atoms with E-state index in [9.17, 15) is 5.11 Å². The summed E-state index contributed by atoms with van der Waals surface area (Å²) >= 11 is 8.67. The van der Waals surface area contributed by atoms with E-state index in [1.54, 1.807) is 11.3 Å². The van der Waals surface area contributed by atoms with E-state index in [4.69, 9.17) is 4.74 Å². The number of aliphatic hydroxyl groups is 1. The molecule has 2 atom stereocenters. The lowest BCUT2D eigenvalue weighted by atomic mass is 9.80. The number of aliphatic hydroxyl groups excluding tert-OH is 1. The highest BCUT2D eigenvalue weighted by Crippen LogP contribution is 2.47. The molecule has 0 aromatic carbocycles. The van der Waals surface area contributed by atoms with Gasteiger partial charge in [0.25, 0.3) is 0 Å². The van der Waals surface area contributed by atoms with Crippen molar-refractivity contribution in [2.24, 2.45) is 5.92 Å². The lowest BCUT2D eigenvalue weighted by molar-refractivity contribution is -0.113. The predicted octanol–water partition coefficient (Wildman–Crippen LogP) is 5.05. The first-order valence-corrected chi connectivity index (χ1v) is 9.27. The van der Waals surface area contributed by atoms with Gasteiger partial charge in [-0.3, -0.25) is 0 Å². The molecule has 0 radical (unpaired) electrons. The summed E-state index contributed by atoms with van der Waals surface area (Å²) in [6, 6.07) is 2.04. The Kier molecular flexibility index (Phi) is 4.40. The van der Waals surface area contributed by atoms with Crippen LogP contribution in [0.25, 0.3) is 0 Å². The van der Waals surface area contributed by atoms with Crippen molar-refractivity contribution in [3.63, 3.8) is 0 Å². The second-order valence-corrected chi connectivity index (χ2v) is 9.47. The molecule has 1 aromatic heterocycles. The average Bonchev–Trinajstić information content (AvgIpc) is 2.96. The van der Waals surface area contributed by atoms with Gasteiger partial charge in [0.05, 0.1) is 19.3 Å². The number of ether oxygens (including phenoxy) is 1. The maximum atomic E-state index is 10.7. The van der Waals surface area contributed by atoms with E-state index in [1.165, 1.54) is 25.7 Å². The molecular weight excluding hydrogens is 392 g/mol. The van der Waals surface area contributed by atoms with E-state index < -0.39 is 0 Å². The first kappa shape index (κ1) is 14.5. The fourth-order valence-electron chi connectivity index (χ4n) is 3.51. The standard InChI is InChI=1S/C14H18Br2O2S/c15-11-7-10(13(16)19-11)12(17)9-3-6-18-14(8-9)4-1-2-5-14/h7,9,12,17H,1-6,8H2. The Labute approximate surface area is 134 Å². The van der Waals surface area contributed by atoms with Gasteiger partial charge in [-0.2, -0.15) is 0 Å². The van der Waals surface area contributed by atoms with Gasteiger partial charge in [0.15, 0.2) is 0 Å². The van der Waals surface area contributed by atoms with Crippen LogP contribution in [0.15, 0.2) is 13.6 Å². The first-order valence-electron chi connectivity index (χ1n) is 6.86. The highest BCUT2D eigenvalue weighted by molar-refractivity contribution is 9.12. The van der Waals surface area contributed by atoms with Crippen molar-refractivity contribution in [3.05, 3.63) is 19.2 Å². The van der Waals surface area contributed by atoms with Crippen molar-refractivity contribution in [1.29, 1.82) is 0 Å². The second kappa shape index (κ2) is 5.76. The summed E-state index contributed by atoms with van der Waals surface area (Å²) in [4.78, 5) is 0. The maximum absolute atomic E-state index is 10.7. The average molecular weight is 410 g/mol. The molecule has 2 fully saturated rings. The molecule has 0 amide bonds. The zero-order chi connectivity index (χ0) is 13.5. The predicted molar refractivity (Wildman–Crippen MR) is 84.6 cm³/mol. The van der Waals surface area contributed by atoms with Gasteiger partial charge in [-0.05, 0) is 69.5 Å². The van der Waals surface area contributed by atoms with Crippen LogP contribution >= 0.6 is 43.2 Å². The molecule has 0 bridgehead atoms. The molecule has 2 nitrogen and oxygen atoms in total. The van der Waals surface area contributed by atoms with Crippen molar-refractivity contribution < 1.29 is 9.84 Å². The third-order valence-corrected chi connectivity index (χ3v) is 6.88. The molecule has 1 aliphatic heterocycles. The van der Waals surface area contributed by atoms with Crippen LogP contribution < -0.4 is 0 Å². The highest BCUT2D eigenvalue weighted by atomic mass is 79.9. The zero-order valence-corrected chi connectivity index (χ0v) is 14.7. The van der Waals surface area contributed by atoms with Gasteiger partial charge in [0, 0.05) is 12.2 Å². The van der Waals surface area contributed by atoms with Crippen molar-refractivity contribution in [2.45, 2.75) is 50.2 Å². The molecule has 1 saturated heterocycles. The zero-order valence-electron chi connectivity index (χ0n) is 10.7. The van der Waals surface area contributed by atoms with Gasteiger partial charge in [0.2, 0.25) is 0 Å².